The molecule has 0 aromatic heterocycles. The van der Waals surface area contributed by atoms with Gasteiger partial charge in [0.25, 0.3) is 0 Å². The number of unbranched alkanes of at least 4 members (excludes halogenated alkanes) is 1. The molecular weight excluding hydrogens is 160 g/mol. The normalized spacial score (nSPS) is 15.6. The fourth-order valence-corrected chi connectivity index (χ4v) is 0.916. The van der Waals surface area contributed by atoms with Crippen LogP contribution in [0.15, 0.2) is 0 Å². The van der Waals surface area contributed by atoms with E-state index in [1.807, 2.05) is 6.92 Å². The molecule has 4 nitrogen and oxygen atoms in total. The zero-order chi connectivity index (χ0) is 9.56. The van der Waals surface area contributed by atoms with E-state index in [1.54, 1.807) is 0 Å². The first-order valence-electron chi connectivity index (χ1n) is 4.16. The van der Waals surface area contributed by atoms with Crippen molar-refractivity contribution in [3.63, 3.8) is 0 Å². The van der Waals surface area contributed by atoms with Crippen LogP contribution in [0, 0.1) is 0 Å². The fourth-order valence-electron chi connectivity index (χ4n) is 0.916. The van der Waals surface area contributed by atoms with Gasteiger partial charge in [-0.15, -0.1) is 0 Å². The number of aliphatic hydroxyl groups excluding tert-OH is 2. The van der Waals surface area contributed by atoms with Crippen molar-refractivity contribution in [1.29, 1.82) is 0 Å². The molecule has 0 saturated heterocycles. The van der Waals surface area contributed by atoms with E-state index < -0.39 is 18.2 Å². The van der Waals surface area contributed by atoms with Crippen LogP contribution in [-0.2, 0) is 4.79 Å². The Bertz CT molecular complexity index is 135. The molecule has 12 heavy (non-hydrogen) atoms. The van der Waals surface area contributed by atoms with Crippen LogP contribution < -0.4 is 0 Å². The highest BCUT2D eigenvalue weighted by atomic mass is 16.4. The highest BCUT2D eigenvalue weighted by molar-refractivity contribution is 5.71. The monoisotopic (exact) mass is 176 g/mol. The molecule has 0 heterocycles. The molecule has 0 spiro atoms. The van der Waals surface area contributed by atoms with Gasteiger partial charge < -0.3 is 15.3 Å². The van der Waals surface area contributed by atoms with Gasteiger partial charge in [0.1, 0.15) is 0 Å². The number of carboxylic acids is 1. The summed E-state index contributed by atoms with van der Waals surface area (Å²) in [5, 5.41) is 26.3. The molecule has 3 N–H and O–H groups in total. The van der Waals surface area contributed by atoms with Crippen LogP contribution in [0.2, 0.25) is 0 Å². The molecule has 0 aliphatic heterocycles. The largest absolute Gasteiger partial charge is 0.479 e. The number of aliphatic carboxylic acids is 1. The van der Waals surface area contributed by atoms with Gasteiger partial charge >= 0.3 is 5.97 Å². The molecule has 0 aliphatic rings. The van der Waals surface area contributed by atoms with Crippen molar-refractivity contribution in [3.05, 3.63) is 0 Å². The highest BCUT2D eigenvalue weighted by Crippen LogP contribution is 2.06. The van der Waals surface area contributed by atoms with Gasteiger partial charge in [-0.05, 0) is 6.42 Å². The van der Waals surface area contributed by atoms with E-state index in [2.05, 4.69) is 0 Å². The number of hydrogen-bond acceptors (Lipinski definition) is 3. The summed E-state index contributed by atoms with van der Waals surface area (Å²) >= 11 is 0. The third kappa shape index (κ3) is 5.09. The maximum absolute atomic E-state index is 10.1. The van der Waals surface area contributed by atoms with Crippen LogP contribution >= 0.6 is 0 Å². The molecule has 2 unspecified atom stereocenters. The molecule has 0 amide bonds. The van der Waals surface area contributed by atoms with Gasteiger partial charge in [-0.3, -0.25) is 0 Å². The Morgan fingerprint density at radius 3 is 2.42 bits per heavy atom. The van der Waals surface area contributed by atoms with Gasteiger partial charge in [0.2, 0.25) is 0 Å². The van der Waals surface area contributed by atoms with E-state index in [-0.39, 0.29) is 6.42 Å². The first kappa shape index (κ1) is 11.4. The molecule has 0 rings (SSSR count). The van der Waals surface area contributed by atoms with Crippen molar-refractivity contribution in [2.24, 2.45) is 0 Å². The van der Waals surface area contributed by atoms with Crippen molar-refractivity contribution >= 4 is 5.97 Å². The van der Waals surface area contributed by atoms with Gasteiger partial charge in [-0.25, -0.2) is 4.79 Å². The average Bonchev–Trinajstić information content (AvgIpc) is 2.00. The molecule has 0 aliphatic carbocycles. The Labute approximate surface area is 71.8 Å². The second-order valence-corrected chi connectivity index (χ2v) is 2.89. The first-order chi connectivity index (χ1) is 5.57. The molecule has 0 saturated carbocycles. The second kappa shape index (κ2) is 5.97. The molecule has 0 fully saturated rings. The zero-order valence-corrected chi connectivity index (χ0v) is 7.23. The van der Waals surface area contributed by atoms with Gasteiger partial charge in [-0.2, -0.15) is 0 Å². The zero-order valence-electron chi connectivity index (χ0n) is 7.23. The molecular formula is C8H16O4. The maximum atomic E-state index is 10.1. The maximum Gasteiger partial charge on any atom is 0.332 e. The third-order valence-corrected chi connectivity index (χ3v) is 1.67. The summed E-state index contributed by atoms with van der Waals surface area (Å²) in [6.07, 6.45) is 0.164. The van der Waals surface area contributed by atoms with Crippen molar-refractivity contribution in [3.8, 4) is 0 Å². The lowest BCUT2D eigenvalue weighted by atomic mass is 10.1. The van der Waals surface area contributed by atoms with Crippen LogP contribution in [0.1, 0.15) is 32.6 Å². The Balaban J connectivity index is 3.53. The lowest BCUT2D eigenvalue weighted by molar-refractivity contribution is -0.148. The van der Waals surface area contributed by atoms with E-state index in [0.29, 0.717) is 6.42 Å². The molecule has 0 radical (unpaired) electrons. The summed E-state index contributed by atoms with van der Waals surface area (Å²) in [5.41, 5.74) is 0. The number of hydrogen-bond donors (Lipinski definition) is 3. The van der Waals surface area contributed by atoms with E-state index >= 15 is 0 Å². The van der Waals surface area contributed by atoms with Crippen molar-refractivity contribution in [1.82, 2.24) is 0 Å². The van der Waals surface area contributed by atoms with Gasteiger partial charge in [0.15, 0.2) is 6.10 Å². The second-order valence-electron chi connectivity index (χ2n) is 2.89. The minimum atomic E-state index is -1.43. The van der Waals surface area contributed by atoms with E-state index in [1.165, 1.54) is 0 Å². The van der Waals surface area contributed by atoms with Crippen LogP contribution in [0.4, 0.5) is 0 Å². The van der Waals surface area contributed by atoms with Crippen LogP contribution in [0.25, 0.3) is 0 Å². The van der Waals surface area contributed by atoms with Crippen molar-refractivity contribution < 1.29 is 20.1 Å². The minimum Gasteiger partial charge on any atom is -0.479 e. The van der Waals surface area contributed by atoms with E-state index in [9.17, 15) is 9.90 Å². The summed E-state index contributed by atoms with van der Waals surface area (Å²) in [4.78, 5) is 10.1. The molecule has 4 heteroatoms. The summed E-state index contributed by atoms with van der Waals surface area (Å²) < 4.78 is 0. The van der Waals surface area contributed by atoms with Crippen molar-refractivity contribution in [2.75, 3.05) is 0 Å². The Morgan fingerprint density at radius 1 is 1.42 bits per heavy atom. The number of carboxylic acid groups (broad SMARTS) is 1. The lowest BCUT2D eigenvalue weighted by Crippen LogP contribution is -2.25. The number of carbonyl (C=O) groups is 1. The molecule has 0 aromatic carbocycles. The van der Waals surface area contributed by atoms with Crippen LogP contribution in [0.5, 0.6) is 0 Å². The van der Waals surface area contributed by atoms with Crippen molar-refractivity contribution in [2.45, 2.75) is 44.8 Å². The summed E-state index contributed by atoms with van der Waals surface area (Å²) in [6.45, 7) is 1.99. The topological polar surface area (TPSA) is 77.8 Å². The number of aliphatic hydroxyl groups is 2. The predicted molar refractivity (Wildman–Crippen MR) is 43.8 cm³/mol. The smallest absolute Gasteiger partial charge is 0.332 e. The first-order valence-corrected chi connectivity index (χ1v) is 4.16. The summed E-state index contributed by atoms with van der Waals surface area (Å²) in [6, 6.07) is 0. The molecule has 0 aromatic rings. The Kier molecular flexibility index (Phi) is 5.66. The Hall–Kier alpha value is -0.610. The third-order valence-electron chi connectivity index (χ3n) is 1.67. The van der Waals surface area contributed by atoms with E-state index in [0.717, 1.165) is 12.8 Å². The Morgan fingerprint density at radius 2 is 2.00 bits per heavy atom. The predicted octanol–water partition coefficient (Wildman–Crippen LogP) is 0.373. The lowest BCUT2D eigenvalue weighted by Gasteiger charge is -2.11. The average molecular weight is 176 g/mol. The van der Waals surface area contributed by atoms with Gasteiger partial charge in [0, 0.05) is 6.42 Å². The summed E-state index contributed by atoms with van der Waals surface area (Å²) in [5.74, 6) is -1.27. The van der Waals surface area contributed by atoms with Gasteiger partial charge in [-0.1, -0.05) is 19.8 Å². The standard InChI is InChI=1S/C8H16O4/c1-2-3-4-6(9)5-7(10)8(11)12/h6-7,9-10H,2-5H2,1H3,(H,11,12). The molecule has 2 atom stereocenters. The van der Waals surface area contributed by atoms with Crippen LogP contribution in [-0.4, -0.2) is 33.5 Å². The van der Waals surface area contributed by atoms with Gasteiger partial charge in [0.05, 0.1) is 6.10 Å². The molecule has 0 bridgehead atoms. The number of rotatable bonds is 6. The summed E-state index contributed by atoms with van der Waals surface area (Å²) in [7, 11) is 0. The highest BCUT2D eigenvalue weighted by Gasteiger charge is 2.17. The van der Waals surface area contributed by atoms with Crippen LogP contribution in [0.3, 0.4) is 0 Å². The molecule has 72 valence electrons. The fraction of sp³-hybridized carbons (Fsp3) is 0.875. The quantitative estimate of drug-likeness (QED) is 0.546. The van der Waals surface area contributed by atoms with E-state index in [4.69, 9.17) is 10.2 Å². The minimum absolute atomic E-state index is 0.0741. The SMILES string of the molecule is CCCCC(O)CC(O)C(=O)O.